The Balaban J connectivity index is 4.45. The number of hydrogen-bond acceptors (Lipinski definition) is 10. The second-order valence-corrected chi connectivity index (χ2v) is 15.0. The third-order valence-electron chi connectivity index (χ3n) is 7.99. The van der Waals surface area contributed by atoms with E-state index in [2.05, 4.69) is 6.92 Å². The van der Waals surface area contributed by atoms with Crippen LogP contribution in [0.2, 0.25) is 0 Å². The highest BCUT2D eigenvalue weighted by Crippen LogP contribution is 2.38. The zero-order chi connectivity index (χ0) is 35.2. The molecule has 0 aromatic heterocycles. The molecule has 0 aromatic carbocycles. The van der Waals surface area contributed by atoms with Gasteiger partial charge in [-0.3, -0.25) is 14.2 Å². The molecule has 0 radical (unpaired) electrons. The SMILES string of the molecule is CCCCCCCCCCCCCCCC(=O)OCC(COP(=O)([O-])OCC[N+](C)(C)C)OC(=O)CCCCCCCC(OC)OC. The topological polar surface area (TPSA) is 130 Å². The van der Waals surface area contributed by atoms with E-state index < -0.39 is 32.5 Å². The maximum absolute atomic E-state index is 12.5. The number of esters is 2. The molecule has 0 bridgehead atoms. The molecule has 2 unspecified atom stereocenters. The standard InChI is InChI=1S/C35H70NO10P/c1-7-8-9-10-11-12-13-14-15-16-17-19-22-25-33(37)43-30-32(31-45-47(39,40)44-29-28-36(2,3)4)46-34(38)26-23-20-18-21-24-27-35(41-5)42-6/h32,35H,7-31H2,1-6H3. The van der Waals surface area contributed by atoms with Crippen LogP contribution >= 0.6 is 7.82 Å². The number of ether oxygens (including phenoxy) is 4. The monoisotopic (exact) mass is 695 g/mol. The fourth-order valence-corrected chi connectivity index (χ4v) is 5.72. The number of phosphoric ester groups is 1. The number of carbonyl (C=O) groups is 2. The molecule has 2 atom stereocenters. The van der Waals surface area contributed by atoms with Crippen molar-refractivity contribution in [2.24, 2.45) is 0 Å². The molecule has 0 aliphatic heterocycles. The van der Waals surface area contributed by atoms with E-state index in [1.165, 1.54) is 64.2 Å². The predicted octanol–water partition coefficient (Wildman–Crippen LogP) is 7.48. The second-order valence-electron chi connectivity index (χ2n) is 13.6. The number of unbranched alkanes of at least 4 members (excludes halogenated alkanes) is 16. The zero-order valence-electron chi connectivity index (χ0n) is 30.8. The molecule has 11 nitrogen and oxygen atoms in total. The lowest BCUT2D eigenvalue weighted by atomic mass is 10.0. The Morgan fingerprint density at radius 2 is 1.13 bits per heavy atom. The maximum Gasteiger partial charge on any atom is 0.306 e. The van der Waals surface area contributed by atoms with Gasteiger partial charge in [0.15, 0.2) is 12.4 Å². The molecule has 0 saturated heterocycles. The van der Waals surface area contributed by atoms with Crippen molar-refractivity contribution in [1.82, 2.24) is 0 Å². The Morgan fingerprint density at radius 1 is 0.660 bits per heavy atom. The second kappa shape index (κ2) is 29.8. The predicted molar refractivity (Wildman–Crippen MR) is 184 cm³/mol. The summed E-state index contributed by atoms with van der Waals surface area (Å²) in [5.41, 5.74) is 0. The molecule has 0 heterocycles. The first kappa shape index (κ1) is 45.9. The number of phosphoric acid groups is 1. The average molecular weight is 696 g/mol. The molecule has 0 spiro atoms. The van der Waals surface area contributed by atoms with Crippen LogP contribution in [0.4, 0.5) is 0 Å². The first-order valence-corrected chi connectivity index (χ1v) is 19.7. The maximum atomic E-state index is 12.5. The van der Waals surface area contributed by atoms with Crippen molar-refractivity contribution in [3.8, 4) is 0 Å². The van der Waals surface area contributed by atoms with Gasteiger partial charge in [0.05, 0.1) is 27.7 Å². The minimum atomic E-state index is -4.63. The molecule has 0 aliphatic rings. The molecule has 0 aromatic rings. The van der Waals surface area contributed by atoms with Gasteiger partial charge in [-0.25, -0.2) is 0 Å². The summed E-state index contributed by atoms with van der Waals surface area (Å²) in [5.74, 6) is -0.889. The van der Waals surface area contributed by atoms with Gasteiger partial charge in [0.2, 0.25) is 0 Å². The van der Waals surface area contributed by atoms with Gasteiger partial charge in [0.25, 0.3) is 7.82 Å². The molecule has 0 fully saturated rings. The summed E-state index contributed by atoms with van der Waals surface area (Å²) in [6.07, 6.45) is 20.2. The molecule has 0 aliphatic carbocycles. The summed E-state index contributed by atoms with van der Waals surface area (Å²) in [4.78, 5) is 37.2. The van der Waals surface area contributed by atoms with E-state index in [1.54, 1.807) is 14.2 Å². The van der Waals surface area contributed by atoms with Gasteiger partial charge in [0.1, 0.15) is 19.8 Å². The number of rotatable bonds is 34. The first-order valence-electron chi connectivity index (χ1n) is 18.2. The van der Waals surface area contributed by atoms with Crippen LogP contribution in [-0.4, -0.2) is 90.5 Å². The van der Waals surface area contributed by atoms with Gasteiger partial charge in [-0.15, -0.1) is 0 Å². The smallest absolute Gasteiger partial charge is 0.306 e. The van der Waals surface area contributed by atoms with E-state index in [0.29, 0.717) is 17.4 Å². The van der Waals surface area contributed by atoms with E-state index in [1.807, 2.05) is 21.1 Å². The molecule has 0 N–H and O–H groups in total. The Morgan fingerprint density at radius 3 is 1.62 bits per heavy atom. The highest BCUT2D eigenvalue weighted by molar-refractivity contribution is 7.45. The molecule has 47 heavy (non-hydrogen) atoms. The summed E-state index contributed by atoms with van der Waals surface area (Å²) in [7, 11) is 4.36. The number of likely N-dealkylation sites (N-methyl/N-ethyl adjacent to an activating group) is 1. The average Bonchev–Trinajstić information content (AvgIpc) is 3.01. The van der Waals surface area contributed by atoms with Crippen LogP contribution in [-0.2, 0) is 42.1 Å². The van der Waals surface area contributed by atoms with Crippen molar-refractivity contribution < 1.29 is 51.5 Å². The van der Waals surface area contributed by atoms with Crippen molar-refractivity contribution in [1.29, 1.82) is 0 Å². The van der Waals surface area contributed by atoms with Crippen LogP contribution in [0.3, 0.4) is 0 Å². The zero-order valence-corrected chi connectivity index (χ0v) is 31.7. The van der Waals surface area contributed by atoms with Gasteiger partial charge in [0, 0.05) is 27.1 Å². The van der Waals surface area contributed by atoms with E-state index >= 15 is 0 Å². The Kier molecular flexibility index (Phi) is 29.1. The number of quaternary nitrogens is 1. The van der Waals surface area contributed by atoms with E-state index in [4.69, 9.17) is 28.0 Å². The Labute approximate surface area is 286 Å². The summed E-state index contributed by atoms with van der Waals surface area (Å²) in [5, 5.41) is 0. The van der Waals surface area contributed by atoms with Gasteiger partial charge >= 0.3 is 11.9 Å². The fraction of sp³-hybridized carbons (Fsp3) is 0.943. The normalized spacial score (nSPS) is 13.9. The van der Waals surface area contributed by atoms with Crippen molar-refractivity contribution in [3.63, 3.8) is 0 Å². The third kappa shape index (κ3) is 31.9. The lowest BCUT2D eigenvalue weighted by molar-refractivity contribution is -0.870. The van der Waals surface area contributed by atoms with Crippen LogP contribution in [0, 0.1) is 0 Å². The van der Waals surface area contributed by atoms with Crippen LogP contribution in [0.5, 0.6) is 0 Å². The molecular weight excluding hydrogens is 625 g/mol. The van der Waals surface area contributed by atoms with Crippen LogP contribution in [0.1, 0.15) is 142 Å². The number of methoxy groups -OCH3 is 2. The molecule has 280 valence electrons. The number of hydrogen-bond donors (Lipinski definition) is 0. The van der Waals surface area contributed by atoms with Gasteiger partial charge < -0.3 is 37.4 Å². The van der Waals surface area contributed by atoms with Crippen molar-refractivity contribution in [3.05, 3.63) is 0 Å². The quantitative estimate of drug-likeness (QED) is 0.0220. The lowest BCUT2D eigenvalue weighted by Gasteiger charge is -2.28. The Hall–Kier alpha value is -1.07. The number of nitrogens with zero attached hydrogens (tertiary/aromatic N) is 1. The number of carbonyl (C=O) groups excluding carboxylic acids is 2. The Bertz CT molecular complexity index is 804. The van der Waals surface area contributed by atoms with E-state index in [9.17, 15) is 19.0 Å². The van der Waals surface area contributed by atoms with Crippen molar-refractivity contribution >= 4 is 19.8 Å². The molecule has 0 saturated carbocycles. The summed E-state index contributed by atoms with van der Waals surface area (Å²) in [6, 6.07) is 0. The van der Waals surface area contributed by atoms with Gasteiger partial charge in [-0.05, 0) is 25.7 Å². The fourth-order valence-electron chi connectivity index (χ4n) is 4.99. The van der Waals surface area contributed by atoms with Crippen LogP contribution in [0.15, 0.2) is 0 Å². The largest absolute Gasteiger partial charge is 0.756 e. The highest BCUT2D eigenvalue weighted by atomic mass is 31.2. The van der Waals surface area contributed by atoms with Gasteiger partial charge in [-0.1, -0.05) is 103 Å². The molecular formula is C35H70NO10P. The van der Waals surface area contributed by atoms with Crippen molar-refractivity contribution in [2.45, 2.75) is 154 Å². The lowest BCUT2D eigenvalue weighted by Crippen LogP contribution is -2.37. The van der Waals surface area contributed by atoms with E-state index in [0.717, 1.165) is 51.4 Å². The molecule has 12 heteroatoms. The summed E-state index contributed by atoms with van der Waals surface area (Å²) in [6.45, 7) is 1.91. The van der Waals surface area contributed by atoms with Crippen LogP contribution < -0.4 is 4.89 Å². The van der Waals surface area contributed by atoms with E-state index in [-0.39, 0.29) is 32.3 Å². The highest BCUT2D eigenvalue weighted by Gasteiger charge is 2.21. The van der Waals surface area contributed by atoms with Gasteiger partial charge in [-0.2, -0.15) is 0 Å². The first-order chi connectivity index (χ1) is 22.4. The molecule has 0 rings (SSSR count). The minimum absolute atomic E-state index is 0.0412. The third-order valence-corrected chi connectivity index (χ3v) is 8.95. The summed E-state index contributed by atoms with van der Waals surface area (Å²) < 4.78 is 44.0. The minimum Gasteiger partial charge on any atom is -0.756 e. The van der Waals surface area contributed by atoms with Crippen LogP contribution in [0.25, 0.3) is 0 Å². The van der Waals surface area contributed by atoms with Crippen molar-refractivity contribution in [2.75, 3.05) is 61.7 Å². The molecule has 0 amide bonds. The summed E-state index contributed by atoms with van der Waals surface area (Å²) >= 11 is 0.